The quantitative estimate of drug-likeness (QED) is 0.568. The van der Waals surface area contributed by atoms with Gasteiger partial charge >= 0.3 is 0 Å². The number of hydrogen-bond acceptors (Lipinski definition) is 3. The molecule has 0 N–H and O–H groups in total. The Morgan fingerprint density at radius 3 is 2.61 bits per heavy atom. The number of rotatable bonds is 5. The van der Waals surface area contributed by atoms with Gasteiger partial charge in [-0.2, -0.15) is 0 Å². The Hall–Kier alpha value is -0.193. The summed E-state index contributed by atoms with van der Waals surface area (Å²) in [5.41, 5.74) is 0. The van der Waals surface area contributed by atoms with E-state index in [1.54, 1.807) is 0 Å². The van der Waals surface area contributed by atoms with Crippen molar-refractivity contribution < 1.29 is 14.0 Å². The lowest BCUT2D eigenvalue weighted by atomic mass is 9.94. The number of hydrogen-bond donors (Lipinski definition) is 0. The van der Waals surface area contributed by atoms with Gasteiger partial charge in [0.05, 0.1) is 0 Å². The minimum Gasteiger partial charge on any atom is -0.417 e. The van der Waals surface area contributed by atoms with Gasteiger partial charge in [0.15, 0.2) is 14.1 Å². The third-order valence-electron chi connectivity index (χ3n) is 4.28. The van der Waals surface area contributed by atoms with Crippen molar-refractivity contribution in [2.75, 3.05) is 19.8 Å². The molecular weight excluding hydrogens is 244 g/mol. The maximum absolute atomic E-state index is 11.6. The zero-order chi connectivity index (χ0) is 13.8. The lowest BCUT2D eigenvalue weighted by Gasteiger charge is -2.36. The van der Waals surface area contributed by atoms with E-state index in [4.69, 9.17) is 9.16 Å². The monoisotopic (exact) mass is 272 g/mol. The minimum absolute atomic E-state index is 0.210. The third-order valence-corrected chi connectivity index (χ3v) is 8.81. The summed E-state index contributed by atoms with van der Waals surface area (Å²) >= 11 is 0. The van der Waals surface area contributed by atoms with Crippen molar-refractivity contribution in [2.45, 2.75) is 58.2 Å². The normalized spacial score (nSPS) is 22.3. The number of carbonyl (C=O) groups is 1. The molecule has 1 atom stereocenters. The van der Waals surface area contributed by atoms with E-state index in [0.29, 0.717) is 6.61 Å². The number of ether oxygens (including phenoxy) is 1. The van der Waals surface area contributed by atoms with Crippen LogP contribution in [0.2, 0.25) is 18.1 Å². The molecule has 1 heterocycles. The Labute approximate surface area is 112 Å². The molecule has 1 saturated heterocycles. The Balaban J connectivity index is 2.24. The summed E-state index contributed by atoms with van der Waals surface area (Å²) < 4.78 is 11.3. The Morgan fingerprint density at radius 1 is 1.39 bits per heavy atom. The summed E-state index contributed by atoms with van der Waals surface area (Å²) in [6.07, 6.45) is 2.83. The first kappa shape index (κ1) is 15.9. The molecule has 0 bridgehead atoms. The van der Waals surface area contributed by atoms with Crippen molar-refractivity contribution in [3.8, 4) is 0 Å². The third kappa shape index (κ3) is 4.48. The molecule has 0 radical (unpaired) electrons. The molecule has 0 aromatic carbocycles. The summed E-state index contributed by atoms with van der Waals surface area (Å²) in [5.74, 6) is 0.482. The summed E-state index contributed by atoms with van der Waals surface area (Å²) in [4.78, 5) is 11.6. The van der Waals surface area contributed by atoms with Gasteiger partial charge in [-0.3, -0.25) is 4.79 Å². The molecule has 0 aromatic rings. The average Bonchev–Trinajstić information content (AvgIpc) is 2.25. The Bertz CT molecular complexity index is 281. The first-order valence-corrected chi connectivity index (χ1v) is 9.89. The fourth-order valence-electron chi connectivity index (χ4n) is 1.86. The molecule has 1 aliphatic rings. The molecule has 0 aliphatic carbocycles. The van der Waals surface area contributed by atoms with E-state index < -0.39 is 8.32 Å². The second kappa shape index (κ2) is 6.31. The van der Waals surface area contributed by atoms with Crippen molar-refractivity contribution in [3.05, 3.63) is 0 Å². The van der Waals surface area contributed by atoms with Crippen molar-refractivity contribution in [2.24, 2.45) is 5.92 Å². The van der Waals surface area contributed by atoms with Gasteiger partial charge in [0.2, 0.25) is 0 Å². The van der Waals surface area contributed by atoms with E-state index in [1.165, 1.54) is 0 Å². The molecule has 1 rings (SSSR count). The highest BCUT2D eigenvalue weighted by Gasteiger charge is 2.36. The van der Waals surface area contributed by atoms with Crippen LogP contribution in [0.1, 0.15) is 40.0 Å². The lowest BCUT2D eigenvalue weighted by molar-refractivity contribution is -0.132. The van der Waals surface area contributed by atoms with Crippen LogP contribution < -0.4 is 0 Å². The van der Waals surface area contributed by atoms with Crippen molar-refractivity contribution in [1.82, 2.24) is 0 Å². The molecule has 106 valence electrons. The lowest BCUT2D eigenvalue weighted by Crippen LogP contribution is -2.41. The maximum Gasteiger partial charge on any atom is 0.191 e. The van der Waals surface area contributed by atoms with Gasteiger partial charge in [-0.05, 0) is 37.4 Å². The van der Waals surface area contributed by atoms with Crippen molar-refractivity contribution in [3.63, 3.8) is 0 Å². The van der Waals surface area contributed by atoms with Gasteiger partial charge in [0.25, 0.3) is 0 Å². The topological polar surface area (TPSA) is 35.5 Å². The average molecular weight is 272 g/mol. The van der Waals surface area contributed by atoms with E-state index in [0.717, 1.165) is 32.5 Å². The first-order chi connectivity index (χ1) is 8.24. The zero-order valence-corrected chi connectivity index (χ0v) is 13.5. The van der Waals surface area contributed by atoms with Crippen LogP contribution in [0.25, 0.3) is 0 Å². The zero-order valence-electron chi connectivity index (χ0n) is 12.5. The molecular formula is C14H28O3Si. The second-order valence-electron chi connectivity index (χ2n) is 6.76. The number of carbonyl (C=O) groups excluding carboxylic acids is 1. The molecule has 1 fully saturated rings. The van der Waals surface area contributed by atoms with Crippen LogP contribution in [0.5, 0.6) is 0 Å². The highest BCUT2D eigenvalue weighted by atomic mass is 28.4. The molecule has 0 aromatic heterocycles. The Morgan fingerprint density at radius 2 is 2.06 bits per heavy atom. The van der Waals surface area contributed by atoms with Gasteiger partial charge in [0, 0.05) is 19.1 Å². The summed E-state index contributed by atoms with van der Waals surface area (Å²) in [7, 11) is -1.62. The van der Waals surface area contributed by atoms with Crippen LogP contribution in [0.15, 0.2) is 0 Å². The summed E-state index contributed by atoms with van der Waals surface area (Å²) in [6, 6.07) is 0. The van der Waals surface area contributed by atoms with Gasteiger partial charge in [0.1, 0.15) is 6.61 Å². The fraction of sp³-hybridized carbons (Fsp3) is 0.929. The molecule has 4 heteroatoms. The molecule has 0 saturated carbocycles. The van der Waals surface area contributed by atoms with E-state index in [2.05, 4.69) is 33.9 Å². The van der Waals surface area contributed by atoms with Crippen LogP contribution in [0, 0.1) is 5.92 Å². The molecule has 1 aliphatic heterocycles. The molecule has 18 heavy (non-hydrogen) atoms. The largest absolute Gasteiger partial charge is 0.417 e. The van der Waals surface area contributed by atoms with E-state index in [9.17, 15) is 4.79 Å². The predicted molar refractivity (Wildman–Crippen MR) is 76.3 cm³/mol. The summed E-state index contributed by atoms with van der Waals surface area (Å²) in [6.45, 7) is 13.1. The van der Waals surface area contributed by atoms with Crippen molar-refractivity contribution >= 4 is 14.1 Å². The SMILES string of the molecule is CC(C)(C)[Si](C)(C)OCCCC1CCOCC1=O. The van der Waals surface area contributed by atoms with Crippen LogP contribution in [0.3, 0.4) is 0 Å². The van der Waals surface area contributed by atoms with Crippen molar-refractivity contribution in [1.29, 1.82) is 0 Å². The highest BCUT2D eigenvalue weighted by molar-refractivity contribution is 6.74. The Kier molecular flexibility index (Phi) is 5.56. The van der Waals surface area contributed by atoms with E-state index >= 15 is 0 Å². The maximum atomic E-state index is 11.6. The molecule has 1 unspecified atom stereocenters. The number of Topliss-reactive ketones (excluding diaryl/α,β-unsaturated/α-hetero) is 1. The van der Waals surface area contributed by atoms with E-state index in [-0.39, 0.29) is 16.7 Å². The minimum atomic E-state index is -1.62. The number of ketones is 1. The standard InChI is InChI=1S/C14H28O3Si/c1-14(2,3)18(4,5)17-9-6-7-12-8-10-16-11-13(12)15/h12H,6-11H2,1-5H3. The van der Waals surface area contributed by atoms with Gasteiger partial charge in [-0.15, -0.1) is 0 Å². The first-order valence-electron chi connectivity index (χ1n) is 6.98. The smallest absolute Gasteiger partial charge is 0.191 e. The summed E-state index contributed by atoms with van der Waals surface area (Å²) in [5, 5.41) is 0.265. The van der Waals surface area contributed by atoms with Gasteiger partial charge in [-0.1, -0.05) is 20.8 Å². The molecule has 0 amide bonds. The van der Waals surface area contributed by atoms with Gasteiger partial charge in [-0.25, -0.2) is 0 Å². The van der Waals surface area contributed by atoms with Gasteiger partial charge < -0.3 is 9.16 Å². The highest BCUT2D eigenvalue weighted by Crippen LogP contribution is 2.36. The van der Waals surface area contributed by atoms with Crippen LogP contribution in [-0.4, -0.2) is 33.9 Å². The predicted octanol–water partition coefficient (Wildman–Crippen LogP) is 3.39. The van der Waals surface area contributed by atoms with E-state index in [1.807, 2.05) is 0 Å². The molecule has 0 spiro atoms. The van der Waals surface area contributed by atoms with Crippen LogP contribution in [-0.2, 0) is 14.0 Å². The fourth-order valence-corrected chi connectivity index (χ4v) is 2.94. The molecule has 3 nitrogen and oxygen atoms in total. The second-order valence-corrected chi connectivity index (χ2v) is 11.6. The van der Waals surface area contributed by atoms with Crippen LogP contribution in [0.4, 0.5) is 0 Å². The van der Waals surface area contributed by atoms with Crippen LogP contribution >= 0.6 is 0 Å².